The largest absolute Gasteiger partial charge is 0.411 e. The molecule has 0 aliphatic heterocycles. The zero-order valence-electron chi connectivity index (χ0n) is 13.4. The Kier molecular flexibility index (Phi) is 7.50. The summed E-state index contributed by atoms with van der Waals surface area (Å²) in [4.78, 5) is 23.5. The van der Waals surface area contributed by atoms with Gasteiger partial charge in [0.15, 0.2) is 0 Å². The molecule has 0 bridgehead atoms. The van der Waals surface area contributed by atoms with Crippen molar-refractivity contribution in [3.8, 4) is 0 Å². The molecule has 0 spiro atoms. The Bertz CT molecular complexity index is 564. The number of ether oxygens (including phenoxy) is 1. The number of hydrogen-bond acceptors (Lipinski definition) is 3. The molecule has 1 aromatic carbocycles. The van der Waals surface area contributed by atoms with E-state index in [2.05, 4.69) is 20.7 Å². The Morgan fingerprint density at radius 1 is 1.29 bits per heavy atom. The van der Waals surface area contributed by atoms with Crippen molar-refractivity contribution >= 4 is 17.6 Å². The lowest BCUT2D eigenvalue weighted by atomic mass is 10.2. The lowest BCUT2D eigenvalue weighted by Crippen LogP contribution is -2.39. The van der Waals surface area contributed by atoms with Crippen LogP contribution in [-0.4, -0.2) is 43.9 Å². The van der Waals surface area contributed by atoms with Gasteiger partial charge in [0.2, 0.25) is 0 Å². The average molecular weight is 347 g/mol. The molecule has 3 amide bonds. The Hall–Kier alpha value is -2.29. The van der Waals surface area contributed by atoms with E-state index in [9.17, 15) is 22.8 Å². The summed E-state index contributed by atoms with van der Waals surface area (Å²) in [6.07, 6.45) is -4.40. The van der Waals surface area contributed by atoms with Crippen molar-refractivity contribution in [3.63, 3.8) is 0 Å². The maximum atomic E-state index is 12.0. The van der Waals surface area contributed by atoms with Crippen LogP contribution >= 0.6 is 0 Å². The van der Waals surface area contributed by atoms with Crippen LogP contribution in [0.15, 0.2) is 24.3 Å². The first-order valence-corrected chi connectivity index (χ1v) is 7.31. The highest BCUT2D eigenvalue weighted by molar-refractivity contribution is 5.96. The number of benzene rings is 1. The third kappa shape index (κ3) is 7.82. The highest BCUT2D eigenvalue weighted by Crippen LogP contribution is 2.14. The van der Waals surface area contributed by atoms with Crippen LogP contribution in [0.5, 0.6) is 0 Å². The summed E-state index contributed by atoms with van der Waals surface area (Å²) in [5, 5.41) is 7.59. The molecular weight excluding hydrogens is 327 g/mol. The van der Waals surface area contributed by atoms with Crippen molar-refractivity contribution in [1.82, 2.24) is 10.6 Å². The van der Waals surface area contributed by atoms with E-state index in [1.165, 1.54) is 13.0 Å². The van der Waals surface area contributed by atoms with E-state index in [4.69, 9.17) is 0 Å². The molecule has 0 aliphatic rings. The summed E-state index contributed by atoms with van der Waals surface area (Å²) in [7, 11) is 0. The van der Waals surface area contributed by atoms with Gasteiger partial charge in [-0.25, -0.2) is 4.79 Å². The number of urea groups is 1. The molecule has 0 saturated heterocycles. The monoisotopic (exact) mass is 347 g/mol. The van der Waals surface area contributed by atoms with E-state index in [-0.39, 0.29) is 12.5 Å². The van der Waals surface area contributed by atoms with Crippen LogP contribution in [0.4, 0.5) is 23.7 Å². The van der Waals surface area contributed by atoms with Gasteiger partial charge in [0.1, 0.15) is 6.61 Å². The molecule has 1 rings (SSSR count). The van der Waals surface area contributed by atoms with Crippen molar-refractivity contribution in [1.29, 1.82) is 0 Å². The number of alkyl halides is 3. The van der Waals surface area contributed by atoms with Gasteiger partial charge in [-0.3, -0.25) is 4.79 Å². The van der Waals surface area contributed by atoms with Crippen molar-refractivity contribution < 1.29 is 27.5 Å². The molecule has 1 atom stereocenters. The highest BCUT2D eigenvalue weighted by atomic mass is 19.4. The van der Waals surface area contributed by atoms with E-state index in [0.717, 1.165) is 0 Å². The van der Waals surface area contributed by atoms with E-state index < -0.39 is 24.9 Å². The lowest BCUT2D eigenvalue weighted by molar-refractivity contribution is -0.174. The number of rotatable bonds is 7. The molecular formula is C15H20F3N3O3. The van der Waals surface area contributed by atoms with Crippen molar-refractivity contribution in [2.24, 2.45) is 0 Å². The third-order valence-electron chi connectivity index (χ3n) is 2.73. The topological polar surface area (TPSA) is 79.5 Å². The van der Waals surface area contributed by atoms with Crippen LogP contribution in [-0.2, 0) is 4.74 Å². The highest BCUT2D eigenvalue weighted by Gasteiger charge is 2.27. The Labute approximate surface area is 137 Å². The third-order valence-corrected chi connectivity index (χ3v) is 2.73. The molecule has 0 heterocycles. The number of hydrogen-bond donors (Lipinski definition) is 3. The van der Waals surface area contributed by atoms with Crippen molar-refractivity contribution in [2.75, 3.05) is 25.1 Å². The maximum absolute atomic E-state index is 12.0. The van der Waals surface area contributed by atoms with Gasteiger partial charge in [-0.15, -0.1) is 0 Å². The fourth-order valence-electron chi connectivity index (χ4n) is 1.78. The Morgan fingerprint density at radius 2 is 2.00 bits per heavy atom. The molecule has 0 aliphatic carbocycles. The normalized spacial score (nSPS) is 12.4. The number of halogens is 3. The predicted octanol–water partition coefficient (Wildman–Crippen LogP) is 2.53. The zero-order chi connectivity index (χ0) is 18.2. The van der Waals surface area contributed by atoms with Gasteiger partial charge in [-0.1, -0.05) is 6.07 Å². The molecule has 3 N–H and O–H groups in total. The number of amides is 3. The second kappa shape index (κ2) is 9.11. The number of anilines is 1. The van der Waals surface area contributed by atoms with E-state index >= 15 is 0 Å². The molecule has 0 fully saturated rings. The number of carbonyl (C=O) groups excluding carboxylic acids is 2. The quantitative estimate of drug-likeness (QED) is 0.709. The van der Waals surface area contributed by atoms with E-state index in [1.807, 2.05) is 0 Å². The summed E-state index contributed by atoms with van der Waals surface area (Å²) in [6.45, 7) is 2.14. The van der Waals surface area contributed by atoms with Crippen LogP contribution in [0.2, 0.25) is 0 Å². The number of nitrogens with one attached hydrogen (secondary N) is 3. The molecule has 1 aromatic rings. The van der Waals surface area contributed by atoms with Crippen LogP contribution in [0.3, 0.4) is 0 Å². The minimum Gasteiger partial charge on any atom is -0.370 e. The second-order valence-corrected chi connectivity index (χ2v) is 5.07. The minimum atomic E-state index is -4.40. The Morgan fingerprint density at radius 3 is 2.62 bits per heavy atom. The average Bonchev–Trinajstić information content (AvgIpc) is 2.46. The zero-order valence-corrected chi connectivity index (χ0v) is 13.4. The van der Waals surface area contributed by atoms with Gasteiger partial charge in [0, 0.05) is 17.8 Å². The Balaban J connectivity index is 2.47. The molecule has 0 radical (unpaired) electrons. The molecule has 0 unspecified atom stereocenters. The summed E-state index contributed by atoms with van der Waals surface area (Å²) < 4.78 is 40.3. The smallest absolute Gasteiger partial charge is 0.370 e. The van der Waals surface area contributed by atoms with Crippen LogP contribution in [0.25, 0.3) is 0 Å². The fourth-order valence-corrected chi connectivity index (χ4v) is 1.78. The second-order valence-electron chi connectivity index (χ2n) is 5.07. The molecule has 0 aromatic heterocycles. The summed E-state index contributed by atoms with van der Waals surface area (Å²) in [5.41, 5.74) is 0.774. The first kappa shape index (κ1) is 19.8. The van der Waals surface area contributed by atoms with Crippen molar-refractivity contribution in [2.45, 2.75) is 26.1 Å². The molecule has 6 nitrogen and oxygen atoms in total. The van der Waals surface area contributed by atoms with Crippen LogP contribution in [0.1, 0.15) is 24.2 Å². The molecule has 9 heteroatoms. The molecule has 24 heavy (non-hydrogen) atoms. The van der Waals surface area contributed by atoms with Gasteiger partial charge in [0.05, 0.1) is 12.6 Å². The standard InChI is InChI=1S/C15H20F3N3O3/c1-3-19-13(22)11-5-4-6-12(7-11)21-14(23)20-10(2)8-24-9-15(16,17)18/h4-7,10H,3,8-9H2,1-2H3,(H,19,22)(H2,20,21,23)/t10-/m1/s1. The maximum Gasteiger partial charge on any atom is 0.411 e. The molecule has 134 valence electrons. The summed E-state index contributed by atoms with van der Waals surface area (Å²) >= 11 is 0. The first-order chi connectivity index (χ1) is 11.2. The predicted molar refractivity (Wildman–Crippen MR) is 82.9 cm³/mol. The van der Waals surface area contributed by atoms with Gasteiger partial charge < -0.3 is 20.7 Å². The SMILES string of the molecule is CCNC(=O)c1cccc(NC(=O)N[C@H](C)COCC(F)(F)F)c1. The van der Waals surface area contributed by atoms with E-state index in [1.54, 1.807) is 25.1 Å². The van der Waals surface area contributed by atoms with E-state index in [0.29, 0.717) is 17.8 Å². The van der Waals surface area contributed by atoms with Crippen LogP contribution < -0.4 is 16.0 Å². The van der Waals surface area contributed by atoms with Crippen LogP contribution in [0, 0.1) is 0 Å². The minimum absolute atomic E-state index is 0.268. The number of carbonyl (C=O) groups is 2. The fraction of sp³-hybridized carbons (Fsp3) is 0.467. The molecule has 0 saturated carbocycles. The first-order valence-electron chi connectivity index (χ1n) is 7.31. The van der Waals surface area contributed by atoms with Crippen molar-refractivity contribution in [3.05, 3.63) is 29.8 Å². The van der Waals surface area contributed by atoms with Gasteiger partial charge in [0.25, 0.3) is 5.91 Å². The summed E-state index contributed by atoms with van der Waals surface area (Å²) in [5.74, 6) is -0.268. The van der Waals surface area contributed by atoms with Gasteiger partial charge in [-0.2, -0.15) is 13.2 Å². The van der Waals surface area contributed by atoms with Gasteiger partial charge in [-0.05, 0) is 32.0 Å². The van der Waals surface area contributed by atoms with Gasteiger partial charge >= 0.3 is 12.2 Å². The summed E-state index contributed by atoms with van der Waals surface area (Å²) in [6, 6.07) is 5.07. The lowest BCUT2D eigenvalue weighted by Gasteiger charge is -2.16.